The number of nitrogens with zero attached hydrogens (tertiary/aromatic N) is 1. The molecule has 0 saturated heterocycles. The first kappa shape index (κ1) is 12.8. The van der Waals surface area contributed by atoms with Crippen LogP contribution in [0.1, 0.15) is 10.4 Å². The van der Waals surface area contributed by atoms with E-state index in [0.29, 0.717) is 10.6 Å². The van der Waals surface area contributed by atoms with Crippen LogP contribution in [-0.4, -0.2) is 15.6 Å². The molecule has 1 aromatic heterocycles. The zero-order valence-electron chi connectivity index (χ0n) is 10.8. The van der Waals surface area contributed by atoms with Crippen LogP contribution >= 0.6 is 11.6 Å². The molecule has 0 spiro atoms. The largest absolute Gasteiger partial charge is 0.478 e. The maximum absolute atomic E-state index is 11.3. The lowest BCUT2D eigenvalue weighted by atomic mass is 10.0. The van der Waals surface area contributed by atoms with Gasteiger partial charge in [-0.2, -0.15) is 0 Å². The number of aromatic carboxylic acids is 1. The van der Waals surface area contributed by atoms with Crippen molar-refractivity contribution in [2.75, 3.05) is 0 Å². The molecule has 0 aliphatic rings. The number of carboxylic acids is 1. The highest BCUT2D eigenvalue weighted by atomic mass is 35.5. The summed E-state index contributed by atoms with van der Waals surface area (Å²) in [7, 11) is 1.84. The first-order valence-corrected chi connectivity index (χ1v) is 6.53. The maximum Gasteiger partial charge on any atom is 0.337 e. The highest BCUT2D eigenvalue weighted by molar-refractivity contribution is 6.33. The topological polar surface area (TPSA) is 42.2 Å². The van der Waals surface area contributed by atoms with Gasteiger partial charge in [0.15, 0.2) is 0 Å². The molecule has 100 valence electrons. The van der Waals surface area contributed by atoms with Crippen LogP contribution in [0, 0.1) is 0 Å². The second kappa shape index (κ2) is 4.69. The lowest BCUT2D eigenvalue weighted by Gasteiger charge is -2.05. The summed E-state index contributed by atoms with van der Waals surface area (Å²) in [5.74, 6) is -0.924. The maximum atomic E-state index is 11.3. The Hall–Kier alpha value is -2.26. The Labute approximate surface area is 121 Å². The number of aryl methyl sites for hydroxylation is 1. The van der Waals surface area contributed by atoms with Gasteiger partial charge in [-0.25, -0.2) is 4.79 Å². The van der Waals surface area contributed by atoms with E-state index in [4.69, 9.17) is 11.6 Å². The second-order valence-electron chi connectivity index (χ2n) is 4.67. The van der Waals surface area contributed by atoms with E-state index in [2.05, 4.69) is 0 Å². The number of halogens is 1. The molecule has 0 aliphatic heterocycles. The predicted octanol–water partition coefficient (Wildman–Crippen LogP) is 4.20. The Morgan fingerprint density at radius 3 is 2.65 bits per heavy atom. The molecule has 0 bridgehead atoms. The lowest BCUT2D eigenvalue weighted by molar-refractivity contribution is 0.0699. The van der Waals surface area contributed by atoms with Gasteiger partial charge < -0.3 is 9.67 Å². The van der Waals surface area contributed by atoms with E-state index >= 15 is 0 Å². The third-order valence-corrected chi connectivity index (χ3v) is 3.73. The van der Waals surface area contributed by atoms with Crippen molar-refractivity contribution in [1.29, 1.82) is 0 Å². The molecule has 1 N–H and O–H groups in total. The fourth-order valence-electron chi connectivity index (χ4n) is 2.43. The van der Waals surface area contributed by atoms with E-state index in [0.717, 1.165) is 22.0 Å². The summed E-state index contributed by atoms with van der Waals surface area (Å²) in [4.78, 5) is 11.3. The smallest absolute Gasteiger partial charge is 0.337 e. The highest BCUT2D eigenvalue weighted by Crippen LogP contribution is 2.31. The van der Waals surface area contributed by atoms with Crippen LogP contribution in [0.3, 0.4) is 0 Å². The lowest BCUT2D eigenvalue weighted by Crippen LogP contribution is -1.94. The third-order valence-electron chi connectivity index (χ3n) is 3.40. The summed E-state index contributed by atoms with van der Waals surface area (Å²) < 4.78 is 1.81. The van der Waals surface area contributed by atoms with Crippen LogP contribution < -0.4 is 0 Å². The average Bonchev–Trinajstić information content (AvgIpc) is 2.76. The number of hydrogen-bond donors (Lipinski definition) is 1. The molecule has 2 aromatic carbocycles. The van der Waals surface area contributed by atoms with Crippen molar-refractivity contribution in [3.05, 3.63) is 59.2 Å². The minimum absolute atomic E-state index is 0.302. The van der Waals surface area contributed by atoms with Crippen molar-refractivity contribution in [2.24, 2.45) is 7.05 Å². The van der Waals surface area contributed by atoms with Crippen molar-refractivity contribution >= 4 is 28.5 Å². The van der Waals surface area contributed by atoms with Gasteiger partial charge in [0.25, 0.3) is 0 Å². The molecular formula is C16H12ClNO2. The number of benzene rings is 2. The molecule has 20 heavy (non-hydrogen) atoms. The van der Waals surface area contributed by atoms with Gasteiger partial charge in [0.1, 0.15) is 0 Å². The molecule has 0 aliphatic carbocycles. The predicted molar refractivity (Wildman–Crippen MR) is 80.3 cm³/mol. The van der Waals surface area contributed by atoms with Crippen molar-refractivity contribution in [3.63, 3.8) is 0 Å². The highest BCUT2D eigenvalue weighted by Gasteiger charge is 2.14. The van der Waals surface area contributed by atoms with Crippen molar-refractivity contribution in [2.45, 2.75) is 0 Å². The van der Waals surface area contributed by atoms with Gasteiger partial charge in [-0.3, -0.25) is 0 Å². The minimum Gasteiger partial charge on any atom is -0.478 e. The van der Waals surface area contributed by atoms with Crippen LogP contribution in [-0.2, 0) is 7.05 Å². The molecule has 0 amide bonds. The molecule has 3 nitrogen and oxygen atoms in total. The van der Waals surface area contributed by atoms with Gasteiger partial charge in [-0.1, -0.05) is 35.9 Å². The molecule has 0 fully saturated rings. The summed E-state index contributed by atoms with van der Waals surface area (Å²) in [5.41, 5.74) is 3.00. The fraction of sp³-hybridized carbons (Fsp3) is 0.0625. The van der Waals surface area contributed by atoms with Gasteiger partial charge in [-0.15, -0.1) is 0 Å². The van der Waals surface area contributed by atoms with Crippen LogP contribution in [0.25, 0.3) is 22.0 Å². The summed E-state index contributed by atoms with van der Waals surface area (Å²) >= 11 is 6.20. The van der Waals surface area contributed by atoms with Crippen molar-refractivity contribution in [1.82, 2.24) is 4.57 Å². The summed E-state index contributed by atoms with van der Waals surface area (Å²) in [6, 6.07) is 13.3. The van der Waals surface area contributed by atoms with E-state index in [9.17, 15) is 9.90 Å². The normalized spacial score (nSPS) is 10.9. The van der Waals surface area contributed by atoms with Gasteiger partial charge in [0.05, 0.1) is 5.56 Å². The standard InChI is InChI=1S/C16H12ClNO2/c1-18-9-13(16(19)20)12-8-10(6-7-15(12)18)11-4-2-3-5-14(11)17/h2-9H,1H3,(H,19,20). The first-order chi connectivity index (χ1) is 9.58. The summed E-state index contributed by atoms with van der Waals surface area (Å²) in [5, 5.41) is 10.6. The molecule has 3 aromatic rings. The van der Waals surface area contributed by atoms with Crippen LogP contribution in [0.5, 0.6) is 0 Å². The SMILES string of the molecule is Cn1cc(C(=O)O)c2cc(-c3ccccc3Cl)ccc21. The van der Waals surface area contributed by atoms with Crippen molar-refractivity contribution < 1.29 is 9.90 Å². The summed E-state index contributed by atoms with van der Waals surface area (Å²) in [6.07, 6.45) is 1.63. The van der Waals surface area contributed by atoms with Crippen molar-refractivity contribution in [3.8, 4) is 11.1 Å². The second-order valence-corrected chi connectivity index (χ2v) is 5.08. The van der Waals surface area contributed by atoms with E-state index in [1.165, 1.54) is 0 Å². The Morgan fingerprint density at radius 1 is 1.20 bits per heavy atom. The molecule has 0 unspecified atom stereocenters. The van der Waals surface area contributed by atoms with Gasteiger partial charge in [0, 0.05) is 34.7 Å². The minimum atomic E-state index is -0.924. The Kier molecular flexibility index (Phi) is 2.99. The molecule has 4 heteroatoms. The van der Waals surface area contributed by atoms with E-state index in [1.807, 2.05) is 54.1 Å². The first-order valence-electron chi connectivity index (χ1n) is 6.15. The molecule has 1 heterocycles. The Bertz CT molecular complexity index is 820. The Morgan fingerprint density at radius 2 is 1.95 bits per heavy atom. The van der Waals surface area contributed by atoms with Crippen LogP contribution in [0.2, 0.25) is 5.02 Å². The number of carbonyl (C=O) groups is 1. The van der Waals surface area contributed by atoms with Crippen LogP contribution in [0.15, 0.2) is 48.7 Å². The average molecular weight is 286 g/mol. The van der Waals surface area contributed by atoms with E-state index < -0.39 is 5.97 Å². The number of rotatable bonds is 2. The van der Waals surface area contributed by atoms with Crippen LogP contribution in [0.4, 0.5) is 0 Å². The van der Waals surface area contributed by atoms with E-state index in [-0.39, 0.29) is 0 Å². The van der Waals surface area contributed by atoms with Gasteiger partial charge in [0.2, 0.25) is 0 Å². The number of carboxylic acid groups (broad SMARTS) is 1. The molecule has 3 rings (SSSR count). The number of fused-ring (bicyclic) bond motifs is 1. The quantitative estimate of drug-likeness (QED) is 0.767. The summed E-state index contributed by atoms with van der Waals surface area (Å²) in [6.45, 7) is 0. The molecule has 0 atom stereocenters. The third kappa shape index (κ3) is 1.96. The van der Waals surface area contributed by atoms with E-state index in [1.54, 1.807) is 6.20 Å². The molecule has 0 saturated carbocycles. The van der Waals surface area contributed by atoms with Gasteiger partial charge >= 0.3 is 5.97 Å². The number of aromatic nitrogens is 1. The Balaban J connectivity index is 2.28. The fourth-order valence-corrected chi connectivity index (χ4v) is 2.67. The van der Waals surface area contributed by atoms with Gasteiger partial charge in [-0.05, 0) is 23.8 Å². The molecular weight excluding hydrogens is 274 g/mol. The molecule has 0 radical (unpaired) electrons. The monoisotopic (exact) mass is 285 g/mol. The number of hydrogen-bond acceptors (Lipinski definition) is 1. The zero-order chi connectivity index (χ0) is 14.3. The zero-order valence-corrected chi connectivity index (χ0v) is 11.6.